The highest BCUT2D eigenvalue weighted by Gasteiger charge is 2.38. The second-order valence-electron chi connectivity index (χ2n) is 6.12. The standard InChI is InChI=1S/C15H25N5O.2ClH/c1-16-7-9-20-13-4-8-19(11-14-17-5-6-18-14)10-12(13)2-3-15(20)21;;/h5-6,12-13,16H,2-4,7-11H2,1H3,(H,17,18);2*1H/t12-,13+;;/m0../s1. The number of aromatic amines is 1. The summed E-state index contributed by atoms with van der Waals surface area (Å²) in [5.41, 5.74) is 0. The van der Waals surface area contributed by atoms with Crippen LogP contribution in [-0.2, 0) is 11.3 Å². The largest absolute Gasteiger partial charge is 0.348 e. The van der Waals surface area contributed by atoms with Crippen LogP contribution in [-0.4, -0.2) is 64.9 Å². The van der Waals surface area contributed by atoms with Crippen molar-refractivity contribution in [3.05, 3.63) is 18.2 Å². The average Bonchev–Trinajstić information content (AvgIpc) is 2.99. The monoisotopic (exact) mass is 363 g/mol. The lowest BCUT2D eigenvalue weighted by atomic mass is 9.83. The Labute approximate surface area is 150 Å². The number of carbonyl (C=O) groups is 1. The molecule has 2 saturated heterocycles. The number of carbonyl (C=O) groups excluding carboxylic acids is 1. The summed E-state index contributed by atoms with van der Waals surface area (Å²) in [6.07, 6.45) is 6.51. The van der Waals surface area contributed by atoms with Crippen molar-refractivity contribution >= 4 is 30.7 Å². The number of piperidine rings is 2. The molecule has 1 aromatic heterocycles. The minimum atomic E-state index is 0. The van der Waals surface area contributed by atoms with Crippen LogP contribution >= 0.6 is 24.8 Å². The summed E-state index contributed by atoms with van der Waals surface area (Å²) in [5.74, 6) is 1.99. The molecule has 0 saturated carbocycles. The quantitative estimate of drug-likeness (QED) is 0.827. The van der Waals surface area contributed by atoms with Gasteiger partial charge in [-0.3, -0.25) is 9.69 Å². The number of imidazole rings is 1. The van der Waals surface area contributed by atoms with Gasteiger partial charge in [0.2, 0.25) is 5.91 Å². The third kappa shape index (κ3) is 4.83. The molecule has 23 heavy (non-hydrogen) atoms. The predicted octanol–water partition coefficient (Wildman–Crippen LogP) is 1.29. The molecular formula is C15H27Cl2N5O. The first-order chi connectivity index (χ1) is 10.3. The minimum absolute atomic E-state index is 0. The summed E-state index contributed by atoms with van der Waals surface area (Å²) < 4.78 is 0. The van der Waals surface area contributed by atoms with Crippen molar-refractivity contribution in [1.29, 1.82) is 0 Å². The van der Waals surface area contributed by atoms with E-state index in [-0.39, 0.29) is 24.8 Å². The van der Waals surface area contributed by atoms with E-state index in [4.69, 9.17) is 0 Å². The van der Waals surface area contributed by atoms with Crippen LogP contribution in [0, 0.1) is 5.92 Å². The highest BCUT2D eigenvalue weighted by atomic mass is 35.5. The van der Waals surface area contributed by atoms with Crippen LogP contribution in [0.2, 0.25) is 0 Å². The minimum Gasteiger partial charge on any atom is -0.348 e. The summed E-state index contributed by atoms with van der Waals surface area (Å²) in [6, 6.07) is 0.437. The molecule has 0 aromatic carbocycles. The van der Waals surface area contributed by atoms with E-state index < -0.39 is 0 Å². The molecule has 6 nitrogen and oxygen atoms in total. The number of nitrogens with zero attached hydrogens (tertiary/aromatic N) is 3. The zero-order valence-electron chi connectivity index (χ0n) is 13.5. The van der Waals surface area contributed by atoms with Gasteiger partial charge in [-0.25, -0.2) is 4.98 Å². The van der Waals surface area contributed by atoms with Crippen molar-refractivity contribution in [2.45, 2.75) is 31.8 Å². The molecule has 3 rings (SSSR count). The number of nitrogens with one attached hydrogen (secondary N) is 2. The summed E-state index contributed by atoms with van der Waals surface area (Å²) in [5, 5.41) is 3.15. The molecule has 0 spiro atoms. The van der Waals surface area contributed by atoms with Gasteiger partial charge in [0.25, 0.3) is 0 Å². The number of hydrogen-bond donors (Lipinski definition) is 2. The Morgan fingerprint density at radius 2 is 2.22 bits per heavy atom. The first-order valence-electron chi connectivity index (χ1n) is 7.92. The molecule has 0 unspecified atom stereocenters. The Balaban J connectivity index is 0.00000132. The number of hydrogen-bond acceptors (Lipinski definition) is 4. The molecule has 2 fully saturated rings. The summed E-state index contributed by atoms with van der Waals surface area (Å²) in [6.45, 7) is 4.74. The maximum atomic E-state index is 12.2. The number of halogens is 2. The van der Waals surface area contributed by atoms with Crippen molar-refractivity contribution in [3.8, 4) is 0 Å². The van der Waals surface area contributed by atoms with Crippen LogP contribution in [0.1, 0.15) is 25.1 Å². The van der Waals surface area contributed by atoms with Gasteiger partial charge in [-0.05, 0) is 25.8 Å². The topological polar surface area (TPSA) is 64.3 Å². The molecule has 2 atom stereocenters. The smallest absolute Gasteiger partial charge is 0.222 e. The van der Waals surface area contributed by atoms with Gasteiger partial charge in [-0.15, -0.1) is 24.8 Å². The zero-order chi connectivity index (χ0) is 14.7. The highest BCUT2D eigenvalue weighted by Crippen LogP contribution is 2.31. The van der Waals surface area contributed by atoms with Crippen molar-refractivity contribution < 1.29 is 4.79 Å². The fourth-order valence-electron chi connectivity index (χ4n) is 3.69. The van der Waals surface area contributed by atoms with Crippen LogP contribution in [0.15, 0.2) is 12.4 Å². The number of likely N-dealkylation sites (N-methyl/N-ethyl adjacent to an activating group) is 1. The maximum absolute atomic E-state index is 12.2. The van der Waals surface area contributed by atoms with Gasteiger partial charge in [0.1, 0.15) is 5.82 Å². The van der Waals surface area contributed by atoms with E-state index in [0.29, 0.717) is 24.3 Å². The third-order valence-electron chi connectivity index (χ3n) is 4.76. The lowest BCUT2D eigenvalue weighted by Crippen LogP contribution is -2.56. The maximum Gasteiger partial charge on any atom is 0.222 e. The molecule has 2 aliphatic heterocycles. The normalized spacial score (nSPS) is 24.6. The van der Waals surface area contributed by atoms with Crippen molar-refractivity contribution in [3.63, 3.8) is 0 Å². The van der Waals surface area contributed by atoms with E-state index >= 15 is 0 Å². The van der Waals surface area contributed by atoms with Gasteiger partial charge in [0.15, 0.2) is 0 Å². The second-order valence-corrected chi connectivity index (χ2v) is 6.12. The number of H-pyrrole nitrogens is 1. The van der Waals surface area contributed by atoms with Crippen molar-refractivity contribution in [1.82, 2.24) is 25.1 Å². The average molecular weight is 364 g/mol. The molecule has 2 aliphatic rings. The Bertz CT molecular complexity index is 470. The molecule has 8 heteroatoms. The van der Waals surface area contributed by atoms with Crippen LogP contribution in [0.25, 0.3) is 0 Å². The van der Waals surface area contributed by atoms with Gasteiger partial charge >= 0.3 is 0 Å². The molecule has 1 aromatic rings. The third-order valence-corrected chi connectivity index (χ3v) is 4.76. The number of rotatable bonds is 5. The van der Waals surface area contributed by atoms with E-state index in [9.17, 15) is 4.79 Å². The van der Waals surface area contributed by atoms with Gasteiger partial charge in [0, 0.05) is 51.0 Å². The molecular weight excluding hydrogens is 337 g/mol. The second kappa shape index (κ2) is 9.47. The first kappa shape index (κ1) is 20.2. The zero-order valence-corrected chi connectivity index (χ0v) is 15.2. The van der Waals surface area contributed by atoms with Crippen molar-refractivity contribution in [2.75, 3.05) is 33.2 Å². The van der Waals surface area contributed by atoms with Gasteiger partial charge in [-0.2, -0.15) is 0 Å². The summed E-state index contributed by atoms with van der Waals surface area (Å²) in [4.78, 5) is 24.2. The van der Waals surface area contributed by atoms with Crippen LogP contribution in [0.5, 0.6) is 0 Å². The fraction of sp³-hybridized carbons (Fsp3) is 0.733. The Morgan fingerprint density at radius 1 is 1.39 bits per heavy atom. The Kier molecular flexibility index (Phi) is 8.33. The van der Waals surface area contributed by atoms with Gasteiger partial charge < -0.3 is 15.2 Å². The molecule has 0 aliphatic carbocycles. The molecule has 132 valence electrons. The first-order valence-corrected chi connectivity index (χ1v) is 7.92. The van der Waals surface area contributed by atoms with Gasteiger partial charge in [0.05, 0.1) is 6.54 Å². The molecule has 3 heterocycles. The number of fused-ring (bicyclic) bond motifs is 1. The summed E-state index contributed by atoms with van der Waals surface area (Å²) >= 11 is 0. The molecule has 0 radical (unpaired) electrons. The molecule has 2 N–H and O–H groups in total. The summed E-state index contributed by atoms with van der Waals surface area (Å²) in [7, 11) is 1.94. The Hall–Kier alpha value is -0.820. The highest BCUT2D eigenvalue weighted by molar-refractivity contribution is 5.85. The van der Waals surface area contributed by atoms with E-state index in [1.807, 2.05) is 13.2 Å². The number of amides is 1. The number of likely N-dealkylation sites (tertiary alicyclic amines) is 2. The van der Waals surface area contributed by atoms with Crippen LogP contribution in [0.4, 0.5) is 0 Å². The van der Waals surface area contributed by atoms with Crippen LogP contribution in [0.3, 0.4) is 0 Å². The van der Waals surface area contributed by atoms with E-state index in [2.05, 4.69) is 25.1 Å². The van der Waals surface area contributed by atoms with Gasteiger partial charge in [-0.1, -0.05) is 0 Å². The van der Waals surface area contributed by atoms with E-state index in [1.54, 1.807) is 6.20 Å². The molecule has 1 amide bonds. The lowest BCUT2D eigenvalue weighted by Gasteiger charge is -2.47. The fourth-order valence-corrected chi connectivity index (χ4v) is 3.69. The Morgan fingerprint density at radius 3 is 2.91 bits per heavy atom. The van der Waals surface area contributed by atoms with Crippen molar-refractivity contribution in [2.24, 2.45) is 5.92 Å². The van der Waals surface area contributed by atoms with E-state index in [0.717, 1.165) is 51.4 Å². The lowest BCUT2D eigenvalue weighted by molar-refractivity contribution is -0.141. The van der Waals surface area contributed by atoms with E-state index in [1.165, 1.54) is 0 Å². The SMILES string of the molecule is CNCCN1C(=O)CC[C@H]2CN(Cc3ncc[nH]3)CC[C@H]21.Cl.Cl. The van der Waals surface area contributed by atoms with Crippen LogP contribution < -0.4 is 5.32 Å². The molecule has 0 bridgehead atoms. The predicted molar refractivity (Wildman–Crippen MR) is 95.1 cm³/mol. The number of aromatic nitrogens is 2.